The van der Waals surface area contributed by atoms with Crippen molar-refractivity contribution in [3.8, 4) is 11.9 Å². The number of aromatic amines is 1. The summed E-state index contributed by atoms with van der Waals surface area (Å²) in [5.41, 5.74) is 6.28. The Balaban J connectivity index is 1.46. The number of nitrogens with one attached hydrogen (secondary N) is 2. The average Bonchev–Trinajstić information content (AvgIpc) is 3.48. The van der Waals surface area contributed by atoms with E-state index < -0.39 is 0 Å². The van der Waals surface area contributed by atoms with E-state index in [4.69, 9.17) is 10.2 Å². The number of fused-ring (bicyclic) bond motifs is 1. The fourth-order valence-corrected chi connectivity index (χ4v) is 3.73. The lowest BCUT2D eigenvalue weighted by molar-refractivity contribution is 0.299. The van der Waals surface area contributed by atoms with Gasteiger partial charge in [0.25, 0.3) is 0 Å². The molecule has 0 amide bonds. The van der Waals surface area contributed by atoms with Gasteiger partial charge in [-0.15, -0.1) is 5.10 Å². The van der Waals surface area contributed by atoms with E-state index in [1.165, 1.54) is 0 Å². The predicted octanol–water partition coefficient (Wildman–Crippen LogP) is 2.98. The van der Waals surface area contributed by atoms with Crippen molar-refractivity contribution in [2.75, 3.05) is 11.9 Å². The maximum Gasteiger partial charge on any atom is 0.162 e. The zero-order chi connectivity index (χ0) is 23.5. The van der Waals surface area contributed by atoms with Crippen molar-refractivity contribution in [3.05, 3.63) is 83.2 Å². The molecular weight excluding hydrogens is 430 g/mol. The van der Waals surface area contributed by atoms with Gasteiger partial charge in [-0.25, -0.2) is 9.97 Å². The summed E-state index contributed by atoms with van der Waals surface area (Å²) in [7, 11) is 0. The van der Waals surface area contributed by atoms with Crippen LogP contribution in [0.5, 0.6) is 0 Å². The Kier molecular flexibility index (Phi) is 5.68. The third kappa shape index (κ3) is 4.32. The summed E-state index contributed by atoms with van der Waals surface area (Å²) in [4.78, 5) is 9.41. The van der Waals surface area contributed by atoms with Crippen LogP contribution in [0.3, 0.4) is 0 Å². The topological polar surface area (TPSA) is 141 Å². The third-order valence-electron chi connectivity index (χ3n) is 5.40. The number of hydrogen-bond donors (Lipinski definition) is 3. The maximum atomic E-state index is 9.47. The lowest BCUT2D eigenvalue weighted by Crippen LogP contribution is -2.06. The van der Waals surface area contributed by atoms with Crippen LogP contribution in [0.1, 0.15) is 28.3 Å². The van der Waals surface area contributed by atoms with Gasteiger partial charge in [0.05, 0.1) is 22.4 Å². The highest BCUT2D eigenvalue weighted by molar-refractivity contribution is 5.81. The van der Waals surface area contributed by atoms with E-state index in [-0.39, 0.29) is 6.61 Å². The molecule has 1 aromatic carbocycles. The molecule has 0 radical (unpaired) electrons. The Morgan fingerprint density at radius 2 is 2.03 bits per heavy atom. The second-order valence-electron chi connectivity index (χ2n) is 7.82. The summed E-state index contributed by atoms with van der Waals surface area (Å²) in [6, 6.07) is 17.3. The number of hydrogen-bond acceptors (Lipinski definition) is 8. The van der Waals surface area contributed by atoms with E-state index in [0.717, 1.165) is 39.4 Å². The van der Waals surface area contributed by atoms with Crippen LogP contribution in [0.4, 0.5) is 11.5 Å². The third-order valence-corrected chi connectivity index (χ3v) is 5.40. The zero-order valence-electron chi connectivity index (χ0n) is 18.4. The second kappa shape index (κ2) is 9.09. The van der Waals surface area contributed by atoms with Gasteiger partial charge in [0, 0.05) is 24.4 Å². The Bertz CT molecular complexity index is 1500. The second-order valence-corrected chi connectivity index (χ2v) is 7.82. The number of nitrogens with zero attached hydrogens (tertiary/aromatic N) is 7. The fraction of sp³-hybridized carbons (Fsp3) is 0.167. The van der Waals surface area contributed by atoms with E-state index in [0.29, 0.717) is 30.2 Å². The van der Waals surface area contributed by atoms with E-state index in [1.807, 2.05) is 60.0 Å². The van der Waals surface area contributed by atoms with Crippen molar-refractivity contribution in [1.29, 1.82) is 5.26 Å². The summed E-state index contributed by atoms with van der Waals surface area (Å²) in [5, 5.41) is 36.8. The van der Waals surface area contributed by atoms with Crippen molar-refractivity contribution in [3.63, 3.8) is 0 Å². The Hall–Kier alpha value is -4.62. The summed E-state index contributed by atoms with van der Waals surface area (Å²) in [6.45, 7) is 1.92. The number of anilines is 2. The van der Waals surface area contributed by atoms with Crippen LogP contribution < -0.4 is 5.32 Å². The van der Waals surface area contributed by atoms with Crippen molar-refractivity contribution in [2.24, 2.45) is 0 Å². The van der Waals surface area contributed by atoms with Crippen molar-refractivity contribution in [2.45, 2.75) is 19.8 Å². The maximum absolute atomic E-state index is 9.47. The van der Waals surface area contributed by atoms with Crippen LogP contribution >= 0.6 is 0 Å². The lowest BCUT2D eigenvalue weighted by atomic mass is 10.1. The largest absolute Gasteiger partial charge is 0.396 e. The molecule has 0 fully saturated rings. The number of benzene rings is 1. The number of pyridine rings is 1. The van der Waals surface area contributed by atoms with E-state index >= 15 is 0 Å². The first-order valence-corrected chi connectivity index (χ1v) is 10.7. The Morgan fingerprint density at radius 1 is 1.12 bits per heavy atom. The molecule has 168 valence electrons. The lowest BCUT2D eigenvalue weighted by Gasteiger charge is -2.11. The highest BCUT2D eigenvalue weighted by atomic mass is 16.2. The molecule has 0 spiro atoms. The van der Waals surface area contributed by atoms with E-state index in [2.05, 4.69) is 30.7 Å². The number of aromatic nitrogens is 7. The molecule has 10 heteroatoms. The smallest absolute Gasteiger partial charge is 0.162 e. The van der Waals surface area contributed by atoms with Crippen LogP contribution in [0.25, 0.3) is 16.9 Å². The van der Waals surface area contributed by atoms with Crippen LogP contribution in [0.15, 0.2) is 54.9 Å². The highest BCUT2D eigenvalue weighted by Crippen LogP contribution is 2.24. The first-order valence-electron chi connectivity index (χ1n) is 10.7. The minimum Gasteiger partial charge on any atom is -0.396 e. The van der Waals surface area contributed by atoms with Crippen LogP contribution in [-0.4, -0.2) is 46.6 Å². The van der Waals surface area contributed by atoms with Gasteiger partial charge >= 0.3 is 0 Å². The predicted molar refractivity (Wildman–Crippen MR) is 126 cm³/mol. The number of H-pyrrole nitrogens is 1. The van der Waals surface area contributed by atoms with Crippen molar-refractivity contribution in [1.82, 2.24) is 34.9 Å². The minimum atomic E-state index is 0.0234. The molecule has 5 aromatic rings. The summed E-state index contributed by atoms with van der Waals surface area (Å²) in [6.07, 6.45) is 2.70. The number of nitriles is 1. The first-order chi connectivity index (χ1) is 16.6. The summed E-state index contributed by atoms with van der Waals surface area (Å²) >= 11 is 0. The van der Waals surface area contributed by atoms with Crippen molar-refractivity contribution >= 4 is 22.5 Å². The number of aryl methyl sites for hydroxylation is 1. The average molecular weight is 451 g/mol. The van der Waals surface area contributed by atoms with Gasteiger partial charge in [0.15, 0.2) is 11.5 Å². The standard InChI is InChI=1S/C24H21N9O/c1-15-2-6-23(32-29-15)27-17-4-5-22-21(11-17)26-14-33(22)24-7-3-16(8-9-34)20(28-24)12-18-10-19(13-25)31-30-18/h2-7,10-11,14,34H,8-9,12H2,1H3,(H,27,32)(H,30,31). The molecule has 10 nitrogen and oxygen atoms in total. The molecule has 34 heavy (non-hydrogen) atoms. The van der Waals surface area contributed by atoms with Crippen LogP contribution in [0.2, 0.25) is 0 Å². The zero-order valence-corrected chi connectivity index (χ0v) is 18.4. The Labute approximate surface area is 195 Å². The molecule has 5 rings (SSSR count). The van der Waals surface area contributed by atoms with Gasteiger partial charge in [0.1, 0.15) is 18.2 Å². The Morgan fingerprint density at radius 3 is 2.79 bits per heavy atom. The normalized spacial score (nSPS) is 11.0. The quantitative estimate of drug-likeness (QED) is 0.343. The van der Waals surface area contributed by atoms with E-state index in [1.54, 1.807) is 12.4 Å². The monoisotopic (exact) mass is 451 g/mol. The van der Waals surface area contributed by atoms with Gasteiger partial charge in [-0.2, -0.15) is 15.5 Å². The molecule has 0 aliphatic carbocycles. The highest BCUT2D eigenvalue weighted by Gasteiger charge is 2.13. The van der Waals surface area contributed by atoms with Crippen molar-refractivity contribution < 1.29 is 5.11 Å². The van der Waals surface area contributed by atoms with Crippen LogP contribution in [0, 0.1) is 18.3 Å². The van der Waals surface area contributed by atoms with Gasteiger partial charge in [-0.1, -0.05) is 6.07 Å². The molecule has 0 aliphatic rings. The van der Waals surface area contributed by atoms with Gasteiger partial charge in [-0.05, 0) is 61.4 Å². The number of rotatable bonds is 7. The molecule has 3 N–H and O–H groups in total. The fourth-order valence-electron chi connectivity index (χ4n) is 3.73. The molecule has 0 aliphatic heterocycles. The molecule has 0 bridgehead atoms. The summed E-state index contributed by atoms with van der Waals surface area (Å²) in [5.74, 6) is 1.37. The van der Waals surface area contributed by atoms with Gasteiger partial charge in [-0.3, -0.25) is 9.67 Å². The molecule has 0 atom stereocenters. The van der Waals surface area contributed by atoms with E-state index in [9.17, 15) is 5.11 Å². The minimum absolute atomic E-state index is 0.0234. The SMILES string of the molecule is Cc1ccc(Nc2ccc3c(c2)ncn3-c2ccc(CCO)c(Cc3cc(C#N)n[nH]3)n2)nn1. The number of aliphatic hydroxyl groups excluding tert-OH is 1. The van der Waals surface area contributed by atoms with Gasteiger partial charge in [0.2, 0.25) is 0 Å². The molecular formula is C24H21N9O. The number of imidazole rings is 1. The molecule has 0 saturated carbocycles. The number of aliphatic hydroxyl groups is 1. The van der Waals surface area contributed by atoms with Gasteiger partial charge < -0.3 is 10.4 Å². The summed E-state index contributed by atoms with van der Waals surface area (Å²) < 4.78 is 1.92. The first kappa shape index (κ1) is 21.2. The molecule has 4 aromatic heterocycles. The molecule has 4 heterocycles. The van der Waals surface area contributed by atoms with Crippen LogP contribution in [-0.2, 0) is 12.8 Å². The molecule has 0 unspecified atom stereocenters. The molecule has 0 saturated heterocycles.